The van der Waals surface area contributed by atoms with Crippen molar-refractivity contribution >= 4 is 231 Å². The van der Waals surface area contributed by atoms with Crippen LogP contribution in [-0.4, -0.2) is 31.5 Å². The van der Waals surface area contributed by atoms with E-state index in [0.717, 1.165) is 188 Å². The number of hydrogen-bond acceptors (Lipinski definition) is 10. The minimum Gasteiger partial charge on any atom is -0.328 e. The first-order valence-corrected chi connectivity index (χ1v) is 47.1. The van der Waals surface area contributed by atoms with Gasteiger partial charge in [0.15, 0.2) is 0 Å². The van der Waals surface area contributed by atoms with Gasteiger partial charge < -0.3 is 29.6 Å². The van der Waals surface area contributed by atoms with Crippen molar-refractivity contribution < 1.29 is 38.5 Å². The summed E-state index contributed by atoms with van der Waals surface area (Å²) in [6, 6.07) is 163. The van der Waals surface area contributed by atoms with E-state index in [-0.39, 0.29) is 49.7 Å². The van der Waals surface area contributed by atoms with Crippen molar-refractivity contribution in [3.8, 4) is 22.5 Å². The summed E-state index contributed by atoms with van der Waals surface area (Å²) in [6.07, 6.45) is 3.68. The molecule has 142 heavy (non-hydrogen) atoms. The van der Waals surface area contributed by atoms with E-state index < -0.39 is 0 Å². The van der Waals surface area contributed by atoms with E-state index >= 15 is 0 Å². The zero-order valence-corrected chi connectivity index (χ0v) is 79.5. The van der Waals surface area contributed by atoms with Gasteiger partial charge in [-0.25, -0.2) is 8.78 Å². The van der Waals surface area contributed by atoms with Crippen LogP contribution < -0.4 is 19.6 Å². The number of benzene rings is 24. The molecule has 0 saturated heterocycles. The smallest absolute Gasteiger partial charge is 0.328 e. The average Bonchev–Trinajstić information content (AvgIpc) is 0.724. The third kappa shape index (κ3) is 16.2. The first-order valence-electron chi connectivity index (χ1n) is 47.1. The van der Waals surface area contributed by atoms with Crippen molar-refractivity contribution in [1.82, 2.24) is 19.9 Å². The van der Waals surface area contributed by atoms with Crippen LogP contribution in [0.2, 0.25) is 0 Å². The fraction of sp³-hybridized carbons (Fsp3) is 0.0233. The van der Waals surface area contributed by atoms with E-state index in [4.69, 9.17) is 19.9 Å². The number of fused-ring (bicyclic) bond motifs is 24. The summed E-state index contributed by atoms with van der Waals surface area (Å²) in [4.78, 5) is 50.7. The van der Waals surface area contributed by atoms with E-state index in [2.05, 4.69) is 420 Å². The van der Waals surface area contributed by atoms with Crippen LogP contribution in [-0.2, 0) is 29.7 Å². The van der Waals surface area contributed by atoms with Gasteiger partial charge in [0.1, 0.15) is 23.2 Å². The molecule has 0 aliphatic heterocycles. The van der Waals surface area contributed by atoms with E-state index in [1.807, 2.05) is 12.1 Å². The maximum absolute atomic E-state index is 14.3. The maximum atomic E-state index is 14.3. The molecule has 0 radical (unpaired) electrons. The summed E-state index contributed by atoms with van der Waals surface area (Å²) < 4.78 is 28.6. The largest absolute Gasteiger partial charge is 3.00 e. The van der Waals surface area contributed by atoms with Crippen molar-refractivity contribution in [3.63, 3.8) is 0 Å². The average molecular weight is 2010 g/mol. The van der Waals surface area contributed by atoms with E-state index in [9.17, 15) is 18.4 Å². The van der Waals surface area contributed by atoms with E-state index in [0.29, 0.717) is 11.4 Å². The predicted molar refractivity (Wildman–Crippen MR) is 582 cm³/mol. The molecule has 10 nitrogen and oxygen atoms in total. The molecule has 2 heterocycles. The number of carbonyl (C=O) groups is 2. The minimum absolute atomic E-state index is 0. The number of aromatic nitrogens is 4. The molecule has 0 N–H and O–H groups in total. The van der Waals surface area contributed by atoms with Gasteiger partial charge in [-0.1, -0.05) is 301 Å². The molecule has 0 bridgehead atoms. The number of nitrogens with zero attached hydrogens (tertiary/aromatic N) is 8. The molecule has 0 saturated carbocycles. The molecule has 26 aromatic rings. The second kappa shape index (κ2) is 37.6. The molecule has 0 unspecified atom stereocenters. The summed E-state index contributed by atoms with van der Waals surface area (Å²) in [5.74, 6) is -0.727. The van der Waals surface area contributed by atoms with Crippen LogP contribution >= 0.6 is 0 Å². The first-order chi connectivity index (χ1) is 69.4. The normalized spacial score (nSPS) is 11.4. The summed E-state index contributed by atoms with van der Waals surface area (Å²) in [6.45, 7) is 2.81. The maximum Gasteiger partial charge on any atom is 3.00 e. The molecule has 26 rings (SSSR count). The Hall–Kier alpha value is -17.9. The molecule has 0 aliphatic rings. The van der Waals surface area contributed by atoms with Crippen molar-refractivity contribution in [1.29, 1.82) is 0 Å². The fourth-order valence-electron chi connectivity index (χ4n) is 20.5. The van der Waals surface area contributed by atoms with Gasteiger partial charge >= 0.3 is 20.1 Å². The van der Waals surface area contributed by atoms with Crippen molar-refractivity contribution in [2.45, 2.75) is 20.3 Å². The Morgan fingerprint density at radius 3 is 0.789 bits per heavy atom. The van der Waals surface area contributed by atoms with Crippen molar-refractivity contribution in [2.75, 3.05) is 19.6 Å². The van der Waals surface area contributed by atoms with Gasteiger partial charge in [0.25, 0.3) is 0 Å². The first kappa shape index (κ1) is 88.1. The van der Waals surface area contributed by atoms with Crippen LogP contribution in [0.15, 0.2) is 461 Å². The molecule has 0 fully saturated rings. The number of hydrogen-bond donors (Lipinski definition) is 0. The van der Waals surface area contributed by atoms with Crippen LogP contribution in [0.3, 0.4) is 0 Å². The standard InChI is InChI=1S/2C62H38FN4.C5H8O2.Ir/c2*63-43-29-27-40(28-30-43)58-39-64-61-56-37-46(66(44-17-3-1-4-18-44)59-35-41-15-7-9-21-48(41)50-23-11-13-25-54(50)59)31-33-52(56)53-34-32-47(38-57(53)62(61)65-58)67(45-19-5-2-6-20-45)60-36-42-16-8-10-22-49(42)51-24-12-14-26-55(51)60;1-4(6)3-5(2)7;/h2*1-36,38-39H;3H2,1-2H3;/q2*-1;;+3. The van der Waals surface area contributed by atoms with Gasteiger partial charge in [-0.2, -0.15) is 0 Å². The van der Waals surface area contributed by atoms with Crippen molar-refractivity contribution in [2.24, 2.45) is 0 Å². The summed E-state index contributed by atoms with van der Waals surface area (Å²) >= 11 is 0. The summed E-state index contributed by atoms with van der Waals surface area (Å²) in [5, 5.41) is 26.5. The quantitative estimate of drug-likeness (QED) is 0.0528. The second-order valence-electron chi connectivity index (χ2n) is 35.6. The minimum atomic E-state index is -0.301. The van der Waals surface area contributed by atoms with Crippen LogP contribution in [0.5, 0.6) is 0 Å². The monoisotopic (exact) mass is 2010 g/mol. The molecule has 0 aliphatic carbocycles. The Morgan fingerprint density at radius 2 is 0.493 bits per heavy atom. The number of carbonyl (C=O) groups excluding carboxylic acids is 2. The predicted octanol–water partition coefficient (Wildman–Crippen LogP) is 34.7. The van der Waals surface area contributed by atoms with Gasteiger partial charge in [-0.3, -0.25) is 19.6 Å². The van der Waals surface area contributed by atoms with Gasteiger partial charge in [-0.15, -0.1) is 47.2 Å². The number of anilines is 12. The summed E-state index contributed by atoms with van der Waals surface area (Å²) in [5.41, 5.74) is 17.9. The Morgan fingerprint density at radius 1 is 0.239 bits per heavy atom. The van der Waals surface area contributed by atoms with Crippen LogP contribution in [0.1, 0.15) is 20.3 Å². The Kier molecular flexibility index (Phi) is 23.3. The molecule has 24 aromatic carbocycles. The topological polar surface area (TPSA) is 98.7 Å². The number of ketones is 2. The zero-order chi connectivity index (χ0) is 94.7. The van der Waals surface area contributed by atoms with E-state index in [1.165, 1.54) is 81.2 Å². The Labute approximate surface area is 830 Å². The van der Waals surface area contributed by atoms with Crippen molar-refractivity contribution in [3.05, 3.63) is 485 Å². The molecule has 0 spiro atoms. The third-order valence-corrected chi connectivity index (χ3v) is 26.8. The summed E-state index contributed by atoms with van der Waals surface area (Å²) in [7, 11) is 0. The van der Waals surface area contributed by atoms with E-state index in [1.54, 1.807) is 36.7 Å². The number of rotatable bonds is 16. The Balaban J connectivity index is 0.000000147. The molecule has 0 amide bonds. The molecule has 13 heteroatoms. The molecule has 2 aromatic heterocycles. The second-order valence-corrected chi connectivity index (χ2v) is 35.6. The van der Waals surface area contributed by atoms with Gasteiger partial charge in [-0.05, 0) is 246 Å². The SMILES string of the molecule is CC(=O)CC(C)=O.Fc1ccc(-c2cnc3c4[c-]c(N(c5ccccc5)c5cc6ccccc6c6ccccc56)ccc4c4ccc(N(c5ccccc5)c5cc6ccccc6c6ccccc56)cc4c3n2)cc1.Fc1ccc(-c2cnc3c4[c-]c(N(c5ccccc5)c5cc6ccccc6c6ccccc56)ccc4c4ccc(N(c5ccccc5)c5cc6ccccc6c6ccccc56)cc4c3n2)cc1.[Ir+3]. The van der Waals surface area contributed by atoms with Gasteiger partial charge in [0.2, 0.25) is 0 Å². The molecular formula is C129H84F2IrN8O2+. The fourth-order valence-corrected chi connectivity index (χ4v) is 20.5. The van der Waals surface area contributed by atoms with Gasteiger partial charge in [0.05, 0.1) is 51.6 Å². The number of halogens is 2. The van der Waals surface area contributed by atoms with Crippen LogP contribution in [0.4, 0.5) is 77.0 Å². The van der Waals surface area contributed by atoms with Crippen LogP contribution in [0, 0.1) is 23.8 Å². The molecule has 674 valence electrons. The third-order valence-electron chi connectivity index (χ3n) is 26.8. The van der Waals surface area contributed by atoms with Gasteiger partial charge in [0, 0.05) is 90.2 Å². The number of Topliss-reactive ketones (excluding diaryl/α,β-unsaturated/α-hetero) is 2. The van der Waals surface area contributed by atoms with Crippen LogP contribution in [0.25, 0.3) is 174 Å². The molecule has 0 atom stereocenters. The Bertz CT molecular complexity index is 8930. The zero-order valence-electron chi connectivity index (χ0n) is 77.1. The molecular weight excluding hydrogens is 1920 g/mol. The number of para-hydroxylation sites is 4.